The van der Waals surface area contributed by atoms with Crippen LogP contribution in [-0.4, -0.2) is 51.9 Å². The minimum Gasteiger partial charge on any atom is -0.379 e. The molecule has 1 aliphatic heterocycles. The molecule has 0 saturated carbocycles. The Hall–Kier alpha value is -1.34. The third-order valence-corrected chi connectivity index (χ3v) is 5.81. The van der Waals surface area contributed by atoms with E-state index in [9.17, 15) is 8.42 Å². The van der Waals surface area contributed by atoms with Gasteiger partial charge < -0.3 is 4.74 Å². The SMILES string of the molecule is O=S(=O)(CCCN1CCOCC1)Nc1ccc(Cl)c2ccccc12. The Kier molecular flexibility index (Phi) is 5.61. The maximum Gasteiger partial charge on any atom is 0.232 e. The highest BCUT2D eigenvalue weighted by atomic mass is 35.5. The molecule has 130 valence electrons. The van der Waals surface area contributed by atoms with E-state index in [2.05, 4.69) is 9.62 Å². The largest absolute Gasteiger partial charge is 0.379 e. The van der Waals surface area contributed by atoms with Gasteiger partial charge in [0.25, 0.3) is 0 Å². The summed E-state index contributed by atoms with van der Waals surface area (Å²) < 4.78 is 32.8. The summed E-state index contributed by atoms with van der Waals surface area (Å²) in [5, 5.41) is 2.26. The number of sulfonamides is 1. The molecule has 0 amide bonds. The number of fused-ring (bicyclic) bond motifs is 1. The highest BCUT2D eigenvalue weighted by molar-refractivity contribution is 7.92. The Balaban J connectivity index is 1.65. The average molecular weight is 369 g/mol. The third-order valence-electron chi connectivity index (χ3n) is 4.13. The van der Waals surface area contributed by atoms with Crippen molar-refractivity contribution in [3.8, 4) is 0 Å². The van der Waals surface area contributed by atoms with Crippen LogP contribution >= 0.6 is 11.6 Å². The molecule has 1 N–H and O–H groups in total. The monoisotopic (exact) mass is 368 g/mol. The zero-order chi connectivity index (χ0) is 17.0. The molecule has 0 aliphatic carbocycles. The second kappa shape index (κ2) is 7.70. The molecule has 1 heterocycles. The highest BCUT2D eigenvalue weighted by Crippen LogP contribution is 2.30. The number of ether oxygens (including phenoxy) is 1. The van der Waals surface area contributed by atoms with E-state index in [0.717, 1.165) is 43.6 Å². The Bertz CT molecular complexity index is 805. The fraction of sp³-hybridized carbons (Fsp3) is 0.412. The Labute approximate surface area is 147 Å². The van der Waals surface area contributed by atoms with E-state index in [1.54, 1.807) is 12.1 Å². The van der Waals surface area contributed by atoms with E-state index in [1.807, 2.05) is 24.3 Å². The van der Waals surface area contributed by atoms with Gasteiger partial charge in [-0.25, -0.2) is 8.42 Å². The van der Waals surface area contributed by atoms with Gasteiger partial charge in [0.1, 0.15) is 0 Å². The third kappa shape index (κ3) is 4.39. The molecule has 2 aromatic rings. The maximum absolute atomic E-state index is 12.4. The molecule has 1 saturated heterocycles. The number of hydrogen-bond acceptors (Lipinski definition) is 4. The van der Waals surface area contributed by atoms with Gasteiger partial charge in [-0.15, -0.1) is 0 Å². The van der Waals surface area contributed by atoms with Gasteiger partial charge >= 0.3 is 0 Å². The van der Waals surface area contributed by atoms with Crippen molar-refractivity contribution in [3.63, 3.8) is 0 Å². The lowest BCUT2D eigenvalue weighted by Crippen LogP contribution is -2.37. The van der Waals surface area contributed by atoms with Gasteiger partial charge in [-0.05, 0) is 25.1 Å². The van der Waals surface area contributed by atoms with Crippen molar-refractivity contribution in [2.75, 3.05) is 43.3 Å². The molecule has 0 aromatic heterocycles. The minimum atomic E-state index is -3.39. The van der Waals surface area contributed by atoms with Crippen LogP contribution in [0.4, 0.5) is 5.69 Å². The van der Waals surface area contributed by atoms with E-state index in [0.29, 0.717) is 17.1 Å². The van der Waals surface area contributed by atoms with Crippen molar-refractivity contribution in [1.82, 2.24) is 4.90 Å². The van der Waals surface area contributed by atoms with Crippen molar-refractivity contribution in [2.24, 2.45) is 0 Å². The molecule has 3 rings (SSSR count). The van der Waals surface area contributed by atoms with Crippen LogP contribution in [0.5, 0.6) is 0 Å². The summed E-state index contributed by atoms with van der Waals surface area (Å²) in [6.45, 7) is 3.96. The molecule has 1 fully saturated rings. The zero-order valence-electron chi connectivity index (χ0n) is 13.4. The lowest BCUT2D eigenvalue weighted by atomic mass is 10.1. The number of benzene rings is 2. The first kappa shape index (κ1) is 17.5. The average Bonchev–Trinajstić information content (AvgIpc) is 2.58. The molecule has 0 bridgehead atoms. The summed E-state index contributed by atoms with van der Waals surface area (Å²) in [6, 6.07) is 10.9. The number of anilines is 1. The van der Waals surface area contributed by atoms with Crippen LogP contribution in [0.3, 0.4) is 0 Å². The van der Waals surface area contributed by atoms with Crippen LogP contribution in [-0.2, 0) is 14.8 Å². The first-order chi connectivity index (χ1) is 11.6. The number of rotatable bonds is 6. The molecule has 0 radical (unpaired) electrons. The fourth-order valence-corrected chi connectivity index (χ4v) is 4.22. The molecule has 24 heavy (non-hydrogen) atoms. The molecule has 1 aliphatic rings. The highest BCUT2D eigenvalue weighted by Gasteiger charge is 2.15. The molecular formula is C17H21ClN2O3S. The normalized spacial score (nSPS) is 16.4. The second-order valence-electron chi connectivity index (χ2n) is 5.87. The van der Waals surface area contributed by atoms with E-state index < -0.39 is 10.0 Å². The van der Waals surface area contributed by atoms with Gasteiger partial charge in [0.15, 0.2) is 0 Å². The second-order valence-corrected chi connectivity index (χ2v) is 8.12. The summed E-state index contributed by atoms with van der Waals surface area (Å²) in [5.74, 6) is 0.0985. The zero-order valence-corrected chi connectivity index (χ0v) is 14.9. The lowest BCUT2D eigenvalue weighted by Gasteiger charge is -2.26. The predicted molar refractivity (Wildman–Crippen MR) is 98.2 cm³/mol. The van der Waals surface area contributed by atoms with E-state index in [4.69, 9.17) is 16.3 Å². The molecular weight excluding hydrogens is 348 g/mol. The van der Waals surface area contributed by atoms with Crippen molar-refractivity contribution in [1.29, 1.82) is 0 Å². The number of nitrogens with zero attached hydrogens (tertiary/aromatic N) is 1. The summed E-state index contributed by atoms with van der Waals surface area (Å²) >= 11 is 6.18. The molecule has 5 nitrogen and oxygen atoms in total. The van der Waals surface area contributed by atoms with Crippen LogP contribution in [0.25, 0.3) is 10.8 Å². The van der Waals surface area contributed by atoms with Crippen LogP contribution < -0.4 is 4.72 Å². The van der Waals surface area contributed by atoms with Gasteiger partial charge in [-0.2, -0.15) is 0 Å². The molecule has 0 spiro atoms. The number of morpholine rings is 1. The Morgan fingerprint density at radius 2 is 1.79 bits per heavy atom. The fourth-order valence-electron chi connectivity index (χ4n) is 2.87. The summed E-state index contributed by atoms with van der Waals surface area (Å²) in [4.78, 5) is 2.23. The van der Waals surface area contributed by atoms with Gasteiger partial charge in [0.2, 0.25) is 10.0 Å². The molecule has 2 aromatic carbocycles. The maximum atomic E-state index is 12.4. The van der Waals surface area contributed by atoms with E-state index in [-0.39, 0.29) is 5.75 Å². The summed E-state index contributed by atoms with van der Waals surface area (Å²) in [5.41, 5.74) is 0.571. The number of nitrogens with one attached hydrogen (secondary N) is 1. The molecule has 7 heteroatoms. The van der Waals surface area contributed by atoms with Crippen molar-refractivity contribution >= 4 is 38.1 Å². The minimum absolute atomic E-state index is 0.0985. The van der Waals surface area contributed by atoms with Crippen LogP contribution in [0.2, 0.25) is 5.02 Å². The van der Waals surface area contributed by atoms with Crippen LogP contribution in [0.1, 0.15) is 6.42 Å². The van der Waals surface area contributed by atoms with Crippen molar-refractivity contribution in [3.05, 3.63) is 41.4 Å². The van der Waals surface area contributed by atoms with E-state index in [1.165, 1.54) is 0 Å². The quantitative estimate of drug-likeness (QED) is 0.851. The summed E-state index contributed by atoms with van der Waals surface area (Å²) in [6.07, 6.45) is 0.598. The topological polar surface area (TPSA) is 58.6 Å². The van der Waals surface area contributed by atoms with Crippen molar-refractivity contribution < 1.29 is 13.2 Å². The first-order valence-electron chi connectivity index (χ1n) is 8.03. The number of halogens is 1. The lowest BCUT2D eigenvalue weighted by molar-refractivity contribution is 0.0381. The standard InChI is InChI=1S/C17H21ClN2O3S/c18-16-6-7-17(15-5-2-1-4-14(15)16)19-24(21,22)13-3-8-20-9-11-23-12-10-20/h1-2,4-7,19H,3,8-13H2. The van der Waals surface area contributed by atoms with Gasteiger partial charge in [0, 0.05) is 28.9 Å². The molecule has 0 atom stereocenters. The predicted octanol–water partition coefficient (Wildman–Crippen LogP) is 2.96. The van der Waals surface area contributed by atoms with E-state index >= 15 is 0 Å². The van der Waals surface area contributed by atoms with Gasteiger partial charge in [0.05, 0.1) is 24.7 Å². The van der Waals surface area contributed by atoms with Crippen LogP contribution in [0, 0.1) is 0 Å². The van der Waals surface area contributed by atoms with Crippen molar-refractivity contribution in [2.45, 2.75) is 6.42 Å². The molecule has 0 unspecified atom stereocenters. The van der Waals surface area contributed by atoms with Gasteiger partial charge in [-0.1, -0.05) is 35.9 Å². The number of hydrogen-bond donors (Lipinski definition) is 1. The Morgan fingerprint density at radius 1 is 1.08 bits per heavy atom. The summed E-state index contributed by atoms with van der Waals surface area (Å²) in [7, 11) is -3.39. The smallest absolute Gasteiger partial charge is 0.232 e. The van der Waals surface area contributed by atoms with Crippen LogP contribution in [0.15, 0.2) is 36.4 Å². The van der Waals surface area contributed by atoms with Gasteiger partial charge in [-0.3, -0.25) is 9.62 Å². The Morgan fingerprint density at radius 3 is 2.54 bits per heavy atom. The first-order valence-corrected chi connectivity index (χ1v) is 10.1.